The minimum Gasteiger partial charge on any atom is -0.309 e. The molecule has 0 atom stereocenters. The van der Waals surface area contributed by atoms with Gasteiger partial charge in [0.15, 0.2) is 5.82 Å². The summed E-state index contributed by atoms with van der Waals surface area (Å²) in [6, 6.07) is 44.6. The summed E-state index contributed by atoms with van der Waals surface area (Å²) in [5.74, 6) is 0.634. The van der Waals surface area contributed by atoms with Gasteiger partial charge in [0.05, 0.1) is 22.4 Å². The van der Waals surface area contributed by atoms with Crippen molar-refractivity contribution in [2.45, 2.75) is 6.92 Å². The van der Waals surface area contributed by atoms with Crippen LogP contribution in [0.3, 0.4) is 0 Å². The summed E-state index contributed by atoms with van der Waals surface area (Å²) in [5, 5.41) is 4.87. The monoisotopic (exact) mass is 564 g/mol. The Morgan fingerprint density at radius 1 is 0.568 bits per heavy atom. The quantitative estimate of drug-likeness (QED) is 0.201. The minimum absolute atomic E-state index is 0.634. The van der Waals surface area contributed by atoms with Gasteiger partial charge in [0.2, 0.25) is 0 Å². The van der Waals surface area contributed by atoms with Gasteiger partial charge in [0, 0.05) is 39.3 Å². The van der Waals surface area contributed by atoms with Gasteiger partial charge >= 0.3 is 0 Å². The highest BCUT2D eigenvalue weighted by Crippen LogP contribution is 2.46. The topological polar surface area (TPSA) is 43.6 Å². The number of rotatable bonds is 3. The molecule has 0 saturated carbocycles. The molecule has 3 aromatic heterocycles. The average Bonchev–Trinajstić information content (AvgIpc) is 3.60. The van der Waals surface area contributed by atoms with Gasteiger partial charge in [-0.05, 0) is 59.7 Å². The molecule has 0 fully saturated rings. The van der Waals surface area contributed by atoms with E-state index in [-0.39, 0.29) is 0 Å². The fourth-order valence-electron chi connectivity index (χ4n) is 6.47. The normalized spacial score (nSPS) is 11.4. The van der Waals surface area contributed by atoms with E-state index in [0.717, 1.165) is 45.0 Å². The van der Waals surface area contributed by atoms with Crippen LogP contribution in [0.4, 0.5) is 0 Å². The van der Waals surface area contributed by atoms with Crippen LogP contribution in [0.1, 0.15) is 6.92 Å². The fourth-order valence-corrected chi connectivity index (χ4v) is 6.47. The standard InChI is InChI=1S/C37H22N4.C3H6/c1-2-12-24(13-3-1)41-32-20-5-4-14-27(32)35-26(16-8-21-33(35)41)30-18-9-19-31(39-30)37-38-22-29-25-15-6-10-23-11-7-17-28(34(23)25)36(29)40-37;1-3-2/h1-22H;3H,1H2,2H3. The van der Waals surface area contributed by atoms with E-state index >= 15 is 0 Å². The molecule has 0 unspecified atom stereocenters. The van der Waals surface area contributed by atoms with Gasteiger partial charge in [0.25, 0.3) is 0 Å². The maximum absolute atomic E-state index is 5.14. The van der Waals surface area contributed by atoms with Crippen LogP contribution in [0.2, 0.25) is 0 Å². The number of pyridine rings is 1. The summed E-state index contributed by atoms with van der Waals surface area (Å²) < 4.78 is 2.33. The zero-order valence-electron chi connectivity index (χ0n) is 24.3. The summed E-state index contributed by atoms with van der Waals surface area (Å²) in [6.45, 7) is 5.25. The average molecular weight is 565 g/mol. The van der Waals surface area contributed by atoms with Crippen LogP contribution in [-0.2, 0) is 0 Å². The van der Waals surface area contributed by atoms with Crippen LogP contribution in [0.15, 0.2) is 146 Å². The zero-order chi connectivity index (χ0) is 29.6. The molecule has 5 aromatic carbocycles. The van der Waals surface area contributed by atoms with Gasteiger partial charge in [-0.2, -0.15) is 0 Å². The van der Waals surface area contributed by atoms with Crippen LogP contribution < -0.4 is 0 Å². The number of para-hydroxylation sites is 2. The van der Waals surface area contributed by atoms with Gasteiger partial charge < -0.3 is 4.57 Å². The molecule has 9 rings (SSSR count). The van der Waals surface area contributed by atoms with Gasteiger partial charge in [-0.15, -0.1) is 6.58 Å². The maximum Gasteiger partial charge on any atom is 0.178 e. The second kappa shape index (κ2) is 10.4. The smallest absolute Gasteiger partial charge is 0.178 e. The van der Waals surface area contributed by atoms with E-state index in [1.807, 2.05) is 19.2 Å². The molecule has 0 bridgehead atoms. The van der Waals surface area contributed by atoms with E-state index in [2.05, 4.69) is 132 Å². The van der Waals surface area contributed by atoms with E-state index < -0.39 is 0 Å². The molecule has 4 heteroatoms. The van der Waals surface area contributed by atoms with Gasteiger partial charge in [-0.25, -0.2) is 15.0 Å². The molecule has 0 N–H and O–H groups in total. The number of hydrogen-bond acceptors (Lipinski definition) is 3. The van der Waals surface area contributed by atoms with Gasteiger partial charge in [-0.1, -0.05) is 97.1 Å². The Morgan fingerprint density at radius 3 is 2.07 bits per heavy atom. The summed E-state index contributed by atoms with van der Waals surface area (Å²) in [5.41, 5.74) is 10.6. The SMILES string of the molecule is C=CC.c1ccc(-n2c3ccccc3c3c(-c4cccc(-c5ncc6c(n5)-c5cccc7cccc-6c57)n4)cccc32)cc1. The maximum atomic E-state index is 5.14. The Morgan fingerprint density at radius 2 is 1.23 bits per heavy atom. The van der Waals surface area contributed by atoms with Crippen molar-refractivity contribution < 1.29 is 0 Å². The molecular formula is C40H28N4. The van der Waals surface area contributed by atoms with Crippen LogP contribution >= 0.6 is 0 Å². The van der Waals surface area contributed by atoms with Crippen LogP contribution in [0.5, 0.6) is 0 Å². The molecule has 208 valence electrons. The molecule has 8 aromatic rings. The number of nitrogens with zero attached hydrogens (tertiary/aromatic N) is 4. The number of fused-ring (bicyclic) bond motifs is 6. The third kappa shape index (κ3) is 3.96. The fraction of sp³-hybridized carbons (Fsp3) is 0.0250. The van der Waals surface area contributed by atoms with Gasteiger partial charge in [-0.3, -0.25) is 0 Å². The predicted octanol–water partition coefficient (Wildman–Crippen LogP) is 10.3. The Labute approximate surface area is 255 Å². The number of hydrogen-bond donors (Lipinski definition) is 0. The van der Waals surface area contributed by atoms with Crippen LogP contribution in [0, 0.1) is 0 Å². The lowest BCUT2D eigenvalue weighted by molar-refractivity contribution is 1.15. The first-order valence-corrected chi connectivity index (χ1v) is 14.8. The lowest BCUT2D eigenvalue weighted by Crippen LogP contribution is -1.96. The zero-order valence-corrected chi connectivity index (χ0v) is 24.3. The van der Waals surface area contributed by atoms with Crippen LogP contribution in [0.25, 0.3) is 83.4 Å². The van der Waals surface area contributed by atoms with Crippen molar-refractivity contribution in [3.8, 4) is 50.8 Å². The van der Waals surface area contributed by atoms with Crippen molar-refractivity contribution in [2.75, 3.05) is 0 Å². The second-order valence-electron chi connectivity index (χ2n) is 10.9. The van der Waals surface area contributed by atoms with E-state index in [0.29, 0.717) is 5.82 Å². The molecule has 1 aliphatic carbocycles. The van der Waals surface area contributed by atoms with E-state index in [1.165, 1.54) is 32.6 Å². The van der Waals surface area contributed by atoms with Gasteiger partial charge in [0.1, 0.15) is 5.69 Å². The highest BCUT2D eigenvalue weighted by atomic mass is 15.0. The van der Waals surface area contributed by atoms with E-state index in [9.17, 15) is 0 Å². The largest absolute Gasteiger partial charge is 0.309 e. The molecule has 3 heterocycles. The highest BCUT2D eigenvalue weighted by Gasteiger charge is 2.24. The van der Waals surface area contributed by atoms with Crippen LogP contribution in [-0.4, -0.2) is 19.5 Å². The van der Waals surface area contributed by atoms with Crippen molar-refractivity contribution in [1.82, 2.24) is 19.5 Å². The molecule has 0 amide bonds. The van der Waals surface area contributed by atoms with Crippen molar-refractivity contribution >= 4 is 32.6 Å². The summed E-state index contributed by atoms with van der Waals surface area (Å²) in [4.78, 5) is 15.0. The number of benzene rings is 5. The first-order chi connectivity index (χ1) is 21.8. The van der Waals surface area contributed by atoms with Crippen molar-refractivity contribution in [1.29, 1.82) is 0 Å². The number of aromatic nitrogens is 4. The molecular weight excluding hydrogens is 536 g/mol. The summed E-state index contributed by atoms with van der Waals surface area (Å²) in [7, 11) is 0. The molecule has 44 heavy (non-hydrogen) atoms. The van der Waals surface area contributed by atoms with Crippen molar-refractivity contribution in [3.63, 3.8) is 0 Å². The first kappa shape index (κ1) is 25.8. The second-order valence-corrected chi connectivity index (χ2v) is 10.9. The third-order valence-electron chi connectivity index (χ3n) is 8.20. The third-order valence-corrected chi connectivity index (χ3v) is 8.20. The predicted molar refractivity (Wildman–Crippen MR) is 183 cm³/mol. The molecule has 0 radical (unpaired) electrons. The Kier molecular flexibility index (Phi) is 6.13. The summed E-state index contributed by atoms with van der Waals surface area (Å²) >= 11 is 0. The molecule has 0 aliphatic heterocycles. The number of allylic oxidation sites excluding steroid dienone is 1. The lowest BCUT2D eigenvalue weighted by atomic mass is 10.0. The molecule has 4 nitrogen and oxygen atoms in total. The highest BCUT2D eigenvalue weighted by molar-refractivity contribution is 6.16. The Balaban J connectivity index is 0.000000928. The van der Waals surface area contributed by atoms with E-state index in [4.69, 9.17) is 15.0 Å². The van der Waals surface area contributed by atoms with E-state index in [1.54, 1.807) is 6.08 Å². The molecule has 1 aliphatic rings. The first-order valence-electron chi connectivity index (χ1n) is 14.8. The minimum atomic E-state index is 0.634. The lowest BCUT2D eigenvalue weighted by Gasteiger charge is -2.09. The van der Waals surface area contributed by atoms with Crippen molar-refractivity contribution in [3.05, 3.63) is 146 Å². The molecule has 0 spiro atoms. The Bertz CT molecular complexity index is 2360. The van der Waals surface area contributed by atoms with Crippen molar-refractivity contribution in [2.24, 2.45) is 0 Å². The Hall–Kier alpha value is -5.87. The molecule has 0 saturated heterocycles. The summed E-state index contributed by atoms with van der Waals surface area (Å²) in [6.07, 6.45) is 3.70.